The van der Waals surface area contributed by atoms with Crippen LogP contribution in [0.3, 0.4) is 0 Å². The van der Waals surface area contributed by atoms with Gasteiger partial charge in [-0.3, -0.25) is 4.79 Å². The number of nitrogens with one attached hydrogen (secondary N) is 1. The Hall–Kier alpha value is -1.47. The number of carbonyl (C=O) groups excluding carboxylic acids is 1. The maximum atomic E-state index is 11.8. The van der Waals surface area contributed by atoms with Crippen molar-refractivity contribution in [3.05, 3.63) is 12.7 Å². The van der Waals surface area contributed by atoms with Crippen molar-refractivity contribution in [3.63, 3.8) is 0 Å². The highest BCUT2D eigenvalue weighted by molar-refractivity contribution is 5.76. The molecule has 1 aromatic rings. The van der Waals surface area contributed by atoms with Crippen molar-refractivity contribution < 1.29 is 9.53 Å². The van der Waals surface area contributed by atoms with Crippen molar-refractivity contribution >= 4 is 5.91 Å². The fourth-order valence-corrected chi connectivity index (χ4v) is 2.82. The van der Waals surface area contributed by atoms with Crippen LogP contribution in [0.5, 0.6) is 0 Å². The highest BCUT2D eigenvalue weighted by Gasteiger charge is 2.50. The van der Waals surface area contributed by atoms with Gasteiger partial charge in [0.15, 0.2) is 0 Å². The molecule has 18 heavy (non-hydrogen) atoms. The topological polar surface area (TPSA) is 95.1 Å². The van der Waals surface area contributed by atoms with Gasteiger partial charge in [0.05, 0.1) is 12.1 Å². The summed E-state index contributed by atoms with van der Waals surface area (Å²) in [6, 6.07) is -0.0543. The van der Waals surface area contributed by atoms with Crippen LogP contribution in [0.1, 0.15) is 12.8 Å². The minimum atomic E-state index is -0.103. The standard InChI is InChI=1S/C11H17N5O2/c12-9-7-2-1-3-18-11(7)10(9)15-8(17)4-16-6-13-5-14-16/h5-7,9-11H,1-4,12H2,(H,15,17). The largest absolute Gasteiger partial charge is 0.376 e. The number of fused-ring (bicyclic) bond motifs is 1. The third-order valence-electron chi connectivity index (χ3n) is 3.78. The Kier molecular flexibility index (Phi) is 3.00. The molecule has 1 aliphatic heterocycles. The average molecular weight is 251 g/mol. The SMILES string of the molecule is NC1C2CCCOC2C1NC(=O)Cn1cncn1. The van der Waals surface area contributed by atoms with E-state index in [4.69, 9.17) is 10.5 Å². The molecular formula is C11H17N5O2. The summed E-state index contributed by atoms with van der Waals surface area (Å²) < 4.78 is 7.15. The molecule has 0 spiro atoms. The van der Waals surface area contributed by atoms with Crippen molar-refractivity contribution in [2.45, 2.75) is 37.6 Å². The van der Waals surface area contributed by atoms with Gasteiger partial charge in [0.2, 0.25) is 5.91 Å². The van der Waals surface area contributed by atoms with E-state index in [0.717, 1.165) is 19.4 Å². The summed E-state index contributed by atoms with van der Waals surface area (Å²) in [7, 11) is 0. The van der Waals surface area contributed by atoms with Crippen LogP contribution < -0.4 is 11.1 Å². The molecule has 98 valence electrons. The van der Waals surface area contributed by atoms with Gasteiger partial charge in [-0.25, -0.2) is 9.67 Å². The number of amides is 1. The Balaban J connectivity index is 1.55. The molecule has 0 radical (unpaired) electrons. The molecule has 1 aromatic heterocycles. The second-order valence-electron chi connectivity index (χ2n) is 4.91. The van der Waals surface area contributed by atoms with E-state index in [1.807, 2.05) is 0 Å². The van der Waals surface area contributed by atoms with Crippen molar-refractivity contribution in [2.24, 2.45) is 11.7 Å². The zero-order valence-corrected chi connectivity index (χ0v) is 10.0. The van der Waals surface area contributed by atoms with E-state index < -0.39 is 0 Å². The Morgan fingerprint density at radius 3 is 3.28 bits per heavy atom. The van der Waals surface area contributed by atoms with Gasteiger partial charge in [-0.05, 0) is 12.8 Å². The van der Waals surface area contributed by atoms with E-state index >= 15 is 0 Å². The number of carbonyl (C=O) groups is 1. The molecule has 4 unspecified atom stereocenters. The maximum Gasteiger partial charge on any atom is 0.242 e. The van der Waals surface area contributed by atoms with Crippen LogP contribution in [0.15, 0.2) is 12.7 Å². The number of aromatic nitrogens is 3. The van der Waals surface area contributed by atoms with Gasteiger partial charge < -0.3 is 15.8 Å². The molecule has 4 atom stereocenters. The van der Waals surface area contributed by atoms with Crippen molar-refractivity contribution in [2.75, 3.05) is 6.61 Å². The van der Waals surface area contributed by atoms with E-state index in [-0.39, 0.29) is 30.6 Å². The summed E-state index contributed by atoms with van der Waals surface area (Å²) in [6.45, 7) is 0.934. The highest BCUT2D eigenvalue weighted by Crippen LogP contribution is 2.36. The van der Waals surface area contributed by atoms with E-state index in [0.29, 0.717) is 5.92 Å². The summed E-state index contributed by atoms with van der Waals surface area (Å²) >= 11 is 0. The first-order valence-electron chi connectivity index (χ1n) is 6.24. The van der Waals surface area contributed by atoms with Crippen LogP contribution in [0.2, 0.25) is 0 Å². The summed E-state index contributed by atoms with van der Waals surface area (Å²) in [4.78, 5) is 15.6. The van der Waals surface area contributed by atoms with Crippen molar-refractivity contribution in [1.29, 1.82) is 0 Å². The Morgan fingerprint density at radius 2 is 2.50 bits per heavy atom. The Morgan fingerprint density at radius 1 is 1.61 bits per heavy atom. The highest BCUT2D eigenvalue weighted by atomic mass is 16.5. The summed E-state index contributed by atoms with van der Waals surface area (Å²) in [5, 5.41) is 6.82. The van der Waals surface area contributed by atoms with Crippen LogP contribution in [-0.2, 0) is 16.1 Å². The Bertz CT molecular complexity index is 421. The zero-order valence-electron chi connectivity index (χ0n) is 10.0. The molecule has 0 bridgehead atoms. The van der Waals surface area contributed by atoms with E-state index in [9.17, 15) is 4.79 Å². The molecule has 7 nitrogen and oxygen atoms in total. The molecule has 1 aliphatic carbocycles. The van der Waals surface area contributed by atoms with Crippen LogP contribution in [-0.4, -0.2) is 45.5 Å². The lowest BCUT2D eigenvalue weighted by atomic mass is 9.68. The monoisotopic (exact) mass is 251 g/mol. The number of hydrogen-bond acceptors (Lipinski definition) is 5. The lowest BCUT2D eigenvalue weighted by molar-refractivity contribution is -0.139. The molecule has 1 saturated heterocycles. The summed E-state index contributed by atoms with van der Waals surface area (Å²) in [5.41, 5.74) is 6.07. The van der Waals surface area contributed by atoms with Gasteiger partial charge in [-0.2, -0.15) is 5.10 Å². The van der Waals surface area contributed by atoms with Gasteiger partial charge in [0.25, 0.3) is 0 Å². The molecule has 7 heteroatoms. The fraction of sp³-hybridized carbons (Fsp3) is 0.727. The Labute approximate surface area is 105 Å². The van der Waals surface area contributed by atoms with Crippen LogP contribution in [0.4, 0.5) is 0 Å². The maximum absolute atomic E-state index is 11.8. The summed E-state index contributed by atoms with van der Waals surface area (Å²) in [6.07, 6.45) is 5.17. The minimum absolute atomic E-state index is 0.00926. The fourth-order valence-electron chi connectivity index (χ4n) is 2.82. The van der Waals surface area contributed by atoms with Gasteiger partial charge >= 0.3 is 0 Å². The average Bonchev–Trinajstić information content (AvgIpc) is 2.88. The molecule has 2 heterocycles. The first kappa shape index (κ1) is 11.6. The minimum Gasteiger partial charge on any atom is -0.376 e. The molecule has 2 aliphatic rings. The van der Waals surface area contributed by atoms with Gasteiger partial charge in [0, 0.05) is 18.6 Å². The predicted molar refractivity (Wildman–Crippen MR) is 62.4 cm³/mol. The van der Waals surface area contributed by atoms with Crippen LogP contribution >= 0.6 is 0 Å². The van der Waals surface area contributed by atoms with Crippen LogP contribution in [0, 0.1) is 5.92 Å². The first-order chi connectivity index (χ1) is 8.75. The lowest BCUT2D eigenvalue weighted by Gasteiger charge is -2.52. The molecular weight excluding hydrogens is 234 g/mol. The molecule has 0 aromatic carbocycles. The number of ether oxygens (including phenoxy) is 1. The molecule has 3 rings (SSSR count). The number of hydrogen-bond donors (Lipinski definition) is 2. The third kappa shape index (κ3) is 1.99. The molecule has 1 amide bonds. The third-order valence-corrected chi connectivity index (χ3v) is 3.78. The number of nitrogens with two attached hydrogens (primary N) is 1. The van der Waals surface area contributed by atoms with Gasteiger partial charge in [0.1, 0.15) is 19.2 Å². The quantitative estimate of drug-likeness (QED) is 0.711. The predicted octanol–water partition coefficient (Wildman–Crippen LogP) is -1.10. The van der Waals surface area contributed by atoms with E-state index in [1.165, 1.54) is 17.3 Å². The lowest BCUT2D eigenvalue weighted by Crippen LogP contribution is -2.72. The number of rotatable bonds is 3. The molecule has 3 N–H and O–H groups in total. The zero-order chi connectivity index (χ0) is 12.5. The van der Waals surface area contributed by atoms with Crippen molar-refractivity contribution in [1.82, 2.24) is 20.1 Å². The van der Waals surface area contributed by atoms with Crippen LogP contribution in [0.25, 0.3) is 0 Å². The summed E-state index contributed by atoms with van der Waals surface area (Å²) in [5.74, 6) is 0.295. The molecule has 1 saturated carbocycles. The second-order valence-corrected chi connectivity index (χ2v) is 4.91. The van der Waals surface area contributed by atoms with Crippen molar-refractivity contribution in [3.8, 4) is 0 Å². The van der Waals surface area contributed by atoms with Gasteiger partial charge in [-0.1, -0.05) is 0 Å². The van der Waals surface area contributed by atoms with E-state index in [1.54, 1.807) is 0 Å². The normalized spacial score (nSPS) is 34.5. The van der Waals surface area contributed by atoms with E-state index in [2.05, 4.69) is 15.4 Å². The second kappa shape index (κ2) is 4.66. The first-order valence-corrected chi connectivity index (χ1v) is 6.24. The smallest absolute Gasteiger partial charge is 0.242 e. The number of nitrogens with zero attached hydrogens (tertiary/aromatic N) is 3. The van der Waals surface area contributed by atoms with Gasteiger partial charge in [-0.15, -0.1) is 0 Å². The molecule has 2 fully saturated rings.